The third-order valence-corrected chi connectivity index (χ3v) is 10.1. The molecule has 0 radical (unpaired) electrons. The van der Waals surface area contributed by atoms with Gasteiger partial charge in [0.1, 0.15) is 12.6 Å². The highest BCUT2D eigenvalue weighted by atomic mass is 35.5. The van der Waals surface area contributed by atoms with Crippen LogP contribution in [0.3, 0.4) is 0 Å². The molecule has 0 saturated carbocycles. The highest BCUT2D eigenvalue weighted by Gasteiger charge is 2.35. The van der Waals surface area contributed by atoms with Crippen LogP contribution >= 0.6 is 23.2 Å². The first kappa shape index (κ1) is 34.0. The second kappa shape index (κ2) is 15.4. The maximum Gasteiger partial charge on any atom is 0.264 e. The van der Waals surface area contributed by atoms with Crippen molar-refractivity contribution in [1.82, 2.24) is 10.2 Å². The van der Waals surface area contributed by atoms with E-state index in [1.807, 2.05) is 44.2 Å². The number of carbonyl (C=O) groups is 2. The normalized spacial score (nSPS) is 12.6. The first-order chi connectivity index (χ1) is 21.5. The van der Waals surface area contributed by atoms with Crippen molar-refractivity contribution in [3.63, 3.8) is 0 Å². The van der Waals surface area contributed by atoms with Crippen molar-refractivity contribution in [3.8, 4) is 0 Å². The number of para-hydroxylation sites is 1. The van der Waals surface area contributed by atoms with Crippen LogP contribution in [0.15, 0.2) is 108 Å². The van der Waals surface area contributed by atoms with E-state index < -0.39 is 28.5 Å². The minimum Gasteiger partial charge on any atom is -0.352 e. The number of hydrogen-bond acceptors (Lipinski definition) is 4. The van der Waals surface area contributed by atoms with Crippen LogP contribution in [0.1, 0.15) is 37.0 Å². The summed E-state index contributed by atoms with van der Waals surface area (Å²) in [7, 11) is -4.19. The van der Waals surface area contributed by atoms with Crippen LogP contribution < -0.4 is 9.62 Å². The predicted molar refractivity (Wildman–Crippen MR) is 181 cm³/mol. The van der Waals surface area contributed by atoms with Crippen LogP contribution in [-0.4, -0.2) is 43.8 Å². The van der Waals surface area contributed by atoms with Gasteiger partial charge in [-0.25, -0.2) is 8.42 Å². The van der Waals surface area contributed by atoms with Crippen molar-refractivity contribution in [2.45, 2.75) is 57.1 Å². The van der Waals surface area contributed by atoms with Gasteiger partial charge in [-0.1, -0.05) is 103 Å². The maximum atomic E-state index is 14.6. The summed E-state index contributed by atoms with van der Waals surface area (Å²) < 4.78 is 29.3. The van der Waals surface area contributed by atoms with Gasteiger partial charge in [-0.3, -0.25) is 13.9 Å². The van der Waals surface area contributed by atoms with Gasteiger partial charge < -0.3 is 10.2 Å². The van der Waals surface area contributed by atoms with Crippen molar-refractivity contribution >= 4 is 50.7 Å². The Kier molecular flexibility index (Phi) is 11.7. The molecular formula is C35H37Cl2N3O4S. The number of nitrogens with one attached hydrogen (secondary N) is 1. The van der Waals surface area contributed by atoms with E-state index in [0.717, 1.165) is 9.87 Å². The molecule has 236 valence electrons. The molecule has 45 heavy (non-hydrogen) atoms. The van der Waals surface area contributed by atoms with Gasteiger partial charge in [0.2, 0.25) is 11.8 Å². The summed E-state index contributed by atoms with van der Waals surface area (Å²) in [4.78, 5) is 30.0. The largest absolute Gasteiger partial charge is 0.352 e. The number of aryl methyl sites for hydroxylation is 1. The summed E-state index contributed by atoms with van der Waals surface area (Å²) in [5, 5.41) is 3.67. The molecule has 4 aromatic carbocycles. The Labute approximate surface area is 275 Å². The fourth-order valence-corrected chi connectivity index (χ4v) is 6.94. The van der Waals surface area contributed by atoms with Crippen molar-refractivity contribution < 1.29 is 18.0 Å². The summed E-state index contributed by atoms with van der Waals surface area (Å²) in [6.45, 7) is 4.95. The van der Waals surface area contributed by atoms with Crippen molar-refractivity contribution in [1.29, 1.82) is 0 Å². The number of nitrogens with zero attached hydrogens (tertiary/aromatic N) is 2. The number of rotatable bonds is 13. The Balaban J connectivity index is 1.85. The molecule has 10 heteroatoms. The minimum absolute atomic E-state index is 0.0390. The first-order valence-corrected chi connectivity index (χ1v) is 16.9. The van der Waals surface area contributed by atoms with Gasteiger partial charge in [-0.15, -0.1) is 0 Å². The molecule has 0 aliphatic rings. The van der Waals surface area contributed by atoms with Crippen LogP contribution in [0.4, 0.5) is 5.69 Å². The van der Waals surface area contributed by atoms with E-state index in [4.69, 9.17) is 23.2 Å². The number of sulfonamides is 1. The summed E-state index contributed by atoms with van der Waals surface area (Å²) in [6, 6.07) is 28.2. The molecule has 7 nitrogen and oxygen atoms in total. The predicted octanol–water partition coefficient (Wildman–Crippen LogP) is 7.05. The zero-order chi connectivity index (χ0) is 32.6. The van der Waals surface area contributed by atoms with E-state index in [0.29, 0.717) is 33.3 Å². The lowest BCUT2D eigenvalue weighted by molar-refractivity contribution is -0.140. The maximum absolute atomic E-state index is 14.6. The minimum atomic E-state index is -4.19. The molecule has 2 amide bonds. The molecular weight excluding hydrogens is 629 g/mol. The molecule has 0 aliphatic carbocycles. The standard InChI is InChI=1S/C35H37Cl2N3O4S/c1-4-26(3)38-35(42)33(22-27-15-7-5-8-16-27)39(23-29-30(36)19-13-20-31(29)37)34(41)24-40(32-21-12-11-14-25(32)2)45(43,44)28-17-9-6-10-18-28/h5-21,26,33H,4,22-24H2,1-3H3,(H,38,42)/t26-,33-/m1/s1. The third-order valence-electron chi connectivity index (χ3n) is 7.66. The Morgan fingerprint density at radius 1 is 0.822 bits per heavy atom. The molecule has 0 unspecified atom stereocenters. The summed E-state index contributed by atoms with van der Waals surface area (Å²) in [6.07, 6.45) is 0.872. The van der Waals surface area contributed by atoms with E-state index in [1.165, 1.54) is 17.0 Å². The lowest BCUT2D eigenvalue weighted by Crippen LogP contribution is -2.54. The molecule has 0 spiro atoms. The Bertz CT molecular complexity index is 1700. The van der Waals surface area contributed by atoms with Gasteiger partial charge in [0.25, 0.3) is 10.0 Å². The molecule has 0 saturated heterocycles. The van der Waals surface area contributed by atoms with Crippen molar-refractivity contribution in [2.24, 2.45) is 0 Å². The Hall–Kier alpha value is -3.85. The second-order valence-corrected chi connectivity index (χ2v) is 13.5. The Morgan fingerprint density at radius 2 is 1.40 bits per heavy atom. The molecule has 2 atom stereocenters. The topological polar surface area (TPSA) is 86.8 Å². The molecule has 0 aliphatic heterocycles. The van der Waals surface area contributed by atoms with Gasteiger partial charge in [0.15, 0.2) is 0 Å². The number of hydrogen-bond donors (Lipinski definition) is 1. The van der Waals surface area contributed by atoms with E-state index in [-0.39, 0.29) is 29.8 Å². The fraction of sp³-hybridized carbons (Fsp3) is 0.257. The van der Waals surface area contributed by atoms with Crippen LogP contribution in [0.25, 0.3) is 0 Å². The first-order valence-electron chi connectivity index (χ1n) is 14.7. The average Bonchev–Trinajstić information content (AvgIpc) is 3.03. The number of amides is 2. The molecule has 0 heterocycles. The van der Waals surface area contributed by atoms with Gasteiger partial charge in [-0.05, 0) is 61.7 Å². The monoisotopic (exact) mass is 665 g/mol. The summed E-state index contributed by atoms with van der Waals surface area (Å²) >= 11 is 13.2. The SMILES string of the molecule is CC[C@@H](C)NC(=O)[C@@H](Cc1ccccc1)N(Cc1c(Cl)cccc1Cl)C(=O)CN(c1ccccc1C)S(=O)(=O)c1ccccc1. The summed E-state index contributed by atoms with van der Waals surface area (Å²) in [5.41, 5.74) is 2.31. The molecule has 0 aromatic heterocycles. The van der Waals surface area contributed by atoms with Crippen LogP contribution in [0.5, 0.6) is 0 Å². The van der Waals surface area contributed by atoms with E-state index in [9.17, 15) is 18.0 Å². The number of anilines is 1. The third kappa shape index (κ3) is 8.45. The molecule has 4 aromatic rings. The van der Waals surface area contributed by atoms with E-state index in [1.54, 1.807) is 67.6 Å². The zero-order valence-electron chi connectivity index (χ0n) is 25.5. The molecule has 1 N–H and O–H groups in total. The van der Waals surface area contributed by atoms with Crippen LogP contribution in [0, 0.1) is 6.92 Å². The fourth-order valence-electron chi connectivity index (χ4n) is 4.93. The second-order valence-electron chi connectivity index (χ2n) is 10.9. The van der Waals surface area contributed by atoms with Gasteiger partial charge in [-0.2, -0.15) is 0 Å². The highest BCUT2D eigenvalue weighted by Crippen LogP contribution is 2.30. The Morgan fingerprint density at radius 3 is 2.00 bits per heavy atom. The van der Waals surface area contributed by atoms with E-state index >= 15 is 0 Å². The molecule has 4 rings (SSSR count). The average molecular weight is 667 g/mol. The molecule has 0 fully saturated rings. The van der Waals surface area contributed by atoms with E-state index in [2.05, 4.69) is 5.32 Å². The highest BCUT2D eigenvalue weighted by molar-refractivity contribution is 7.92. The lowest BCUT2D eigenvalue weighted by atomic mass is 10.0. The smallest absolute Gasteiger partial charge is 0.264 e. The van der Waals surface area contributed by atoms with Crippen molar-refractivity contribution in [3.05, 3.63) is 130 Å². The van der Waals surface area contributed by atoms with Crippen LogP contribution in [-0.2, 0) is 32.6 Å². The van der Waals surface area contributed by atoms with Crippen LogP contribution in [0.2, 0.25) is 10.0 Å². The van der Waals surface area contributed by atoms with Crippen molar-refractivity contribution in [2.75, 3.05) is 10.8 Å². The summed E-state index contributed by atoms with van der Waals surface area (Å²) in [5.74, 6) is -0.952. The molecule has 0 bridgehead atoms. The van der Waals surface area contributed by atoms with Gasteiger partial charge in [0.05, 0.1) is 10.6 Å². The number of carbonyl (C=O) groups excluding carboxylic acids is 2. The lowest BCUT2D eigenvalue weighted by Gasteiger charge is -2.35. The van der Waals surface area contributed by atoms with Gasteiger partial charge >= 0.3 is 0 Å². The number of benzene rings is 4. The number of halogens is 2. The quantitative estimate of drug-likeness (QED) is 0.166. The van der Waals surface area contributed by atoms with Gasteiger partial charge in [0, 0.05) is 34.6 Å². The zero-order valence-corrected chi connectivity index (χ0v) is 27.8.